The maximum Gasteiger partial charge on any atom is 0.159 e. The lowest BCUT2D eigenvalue weighted by Crippen LogP contribution is -1.86. The summed E-state index contributed by atoms with van der Waals surface area (Å²) in [6.45, 7) is 0. The largest absolute Gasteiger partial charge is 0.472 e. The summed E-state index contributed by atoms with van der Waals surface area (Å²) < 4.78 is 5.20. The Kier molecular flexibility index (Phi) is 3.27. The fraction of sp³-hybridized carbons (Fsp3) is 0. The number of H-pyrrole nitrogens is 2. The van der Waals surface area contributed by atoms with E-state index in [-0.39, 0.29) is 0 Å². The van der Waals surface area contributed by atoms with Gasteiger partial charge in [-0.3, -0.25) is 10.1 Å². The molecule has 0 aliphatic carbocycles. The maximum atomic E-state index is 5.20. The van der Waals surface area contributed by atoms with Crippen LogP contribution in [0.15, 0.2) is 66.3 Å². The number of furan rings is 1. The number of fused-ring (bicyclic) bond motifs is 2. The van der Waals surface area contributed by atoms with Crippen LogP contribution in [0, 0.1) is 0 Å². The first-order valence-electron chi connectivity index (χ1n) is 8.84. The molecule has 0 aliphatic heterocycles. The van der Waals surface area contributed by atoms with Crippen molar-refractivity contribution in [2.75, 3.05) is 0 Å². The summed E-state index contributed by atoms with van der Waals surface area (Å²) in [6, 6.07) is 5.75. The van der Waals surface area contributed by atoms with Crippen LogP contribution >= 0.6 is 0 Å². The number of pyridine rings is 2. The van der Waals surface area contributed by atoms with Crippen molar-refractivity contribution in [2.45, 2.75) is 0 Å². The van der Waals surface area contributed by atoms with E-state index in [0.29, 0.717) is 17.2 Å². The molecule has 0 saturated heterocycles. The van der Waals surface area contributed by atoms with Crippen LogP contribution in [0.5, 0.6) is 0 Å². The smallest absolute Gasteiger partial charge is 0.159 e. The Morgan fingerprint density at radius 3 is 2.69 bits per heavy atom. The van der Waals surface area contributed by atoms with Gasteiger partial charge in [-0.25, -0.2) is 19.9 Å². The number of aromatic amines is 2. The highest BCUT2D eigenvalue weighted by Crippen LogP contribution is 2.31. The summed E-state index contributed by atoms with van der Waals surface area (Å²) in [5.41, 5.74) is 6.37. The lowest BCUT2D eigenvalue weighted by Gasteiger charge is -2.00. The first kappa shape index (κ1) is 15.6. The number of nitrogens with one attached hydrogen (secondary N) is 2. The second-order valence-electron chi connectivity index (χ2n) is 6.47. The number of imidazole rings is 1. The topological polar surface area (TPSA) is 122 Å². The molecule has 0 bridgehead atoms. The van der Waals surface area contributed by atoms with Crippen molar-refractivity contribution in [3.63, 3.8) is 0 Å². The van der Waals surface area contributed by atoms with E-state index in [9.17, 15) is 0 Å². The number of hydrogen-bond acceptors (Lipinski definition) is 7. The van der Waals surface area contributed by atoms with E-state index in [1.54, 1.807) is 37.3 Å². The monoisotopic (exact) mass is 380 g/mol. The highest BCUT2D eigenvalue weighted by atomic mass is 16.3. The fourth-order valence-electron chi connectivity index (χ4n) is 3.35. The highest BCUT2D eigenvalue weighted by Gasteiger charge is 2.17. The summed E-state index contributed by atoms with van der Waals surface area (Å²) in [6.07, 6.45) is 11.8. The summed E-state index contributed by atoms with van der Waals surface area (Å²) in [7, 11) is 0. The average Bonchev–Trinajstić information content (AvgIpc) is 3.52. The van der Waals surface area contributed by atoms with E-state index in [1.165, 1.54) is 6.33 Å². The van der Waals surface area contributed by atoms with Crippen molar-refractivity contribution in [2.24, 2.45) is 0 Å². The first-order chi connectivity index (χ1) is 14.4. The quantitative estimate of drug-likeness (QED) is 0.481. The first-order valence-corrected chi connectivity index (χ1v) is 8.84. The van der Waals surface area contributed by atoms with Crippen LogP contribution < -0.4 is 0 Å². The Morgan fingerprint density at radius 1 is 0.897 bits per heavy atom. The molecular weight excluding hydrogens is 368 g/mol. The van der Waals surface area contributed by atoms with Crippen LogP contribution in [0.3, 0.4) is 0 Å². The van der Waals surface area contributed by atoms with Gasteiger partial charge in [0.05, 0.1) is 23.4 Å². The molecule has 29 heavy (non-hydrogen) atoms. The van der Waals surface area contributed by atoms with Gasteiger partial charge < -0.3 is 9.40 Å². The summed E-state index contributed by atoms with van der Waals surface area (Å²) in [4.78, 5) is 25.2. The van der Waals surface area contributed by atoms with Gasteiger partial charge in [0, 0.05) is 41.5 Å². The Labute approximate surface area is 162 Å². The lowest BCUT2D eigenvalue weighted by atomic mass is 10.1. The Morgan fingerprint density at radius 2 is 1.83 bits per heavy atom. The Bertz CT molecular complexity index is 1450. The van der Waals surface area contributed by atoms with E-state index in [4.69, 9.17) is 9.40 Å². The fourth-order valence-corrected chi connectivity index (χ4v) is 3.35. The molecule has 2 N–H and O–H groups in total. The molecule has 0 saturated carbocycles. The van der Waals surface area contributed by atoms with Crippen LogP contribution in [-0.4, -0.2) is 40.1 Å². The third-order valence-electron chi connectivity index (χ3n) is 4.73. The van der Waals surface area contributed by atoms with Crippen molar-refractivity contribution in [3.8, 4) is 33.9 Å². The number of rotatable bonds is 3. The third kappa shape index (κ3) is 2.48. The number of hydrogen-bond donors (Lipinski definition) is 2. The second kappa shape index (κ2) is 6.06. The standard InChI is InChI=1S/C20H12N8O/c1-3-23-16(11-2-4-29-9-11)18-15(1)25-20(26-18)17-14-5-12(8-24-19(14)28-27-17)13-6-21-10-22-7-13/h1-10H,(H,25,26)(H,24,27,28). The lowest BCUT2D eigenvalue weighted by molar-refractivity contribution is 0.568. The predicted molar refractivity (Wildman–Crippen MR) is 105 cm³/mol. The molecule has 0 atom stereocenters. The molecule has 6 rings (SSSR count). The van der Waals surface area contributed by atoms with Crippen molar-refractivity contribution in [3.05, 3.63) is 61.8 Å². The van der Waals surface area contributed by atoms with E-state index in [0.717, 1.165) is 38.8 Å². The van der Waals surface area contributed by atoms with Crippen molar-refractivity contribution < 1.29 is 4.42 Å². The van der Waals surface area contributed by atoms with Crippen LogP contribution in [0.2, 0.25) is 0 Å². The van der Waals surface area contributed by atoms with E-state index in [2.05, 4.69) is 35.1 Å². The molecule has 0 unspecified atom stereocenters. The predicted octanol–water partition coefficient (Wildman–Crippen LogP) is 3.61. The minimum atomic E-state index is 0.632. The number of nitrogens with zero attached hydrogens (tertiary/aromatic N) is 6. The molecule has 0 aromatic carbocycles. The van der Waals surface area contributed by atoms with Crippen molar-refractivity contribution in [1.82, 2.24) is 40.1 Å². The van der Waals surface area contributed by atoms with Gasteiger partial charge in [-0.15, -0.1) is 0 Å². The van der Waals surface area contributed by atoms with Crippen LogP contribution in [0.1, 0.15) is 0 Å². The van der Waals surface area contributed by atoms with Gasteiger partial charge in [-0.05, 0) is 18.2 Å². The molecule has 0 amide bonds. The molecule has 6 aromatic rings. The molecule has 138 valence electrons. The molecule has 6 aromatic heterocycles. The molecule has 0 fully saturated rings. The van der Waals surface area contributed by atoms with Crippen LogP contribution in [0.25, 0.3) is 56.0 Å². The summed E-state index contributed by atoms with van der Waals surface area (Å²) >= 11 is 0. The van der Waals surface area contributed by atoms with E-state index < -0.39 is 0 Å². The van der Waals surface area contributed by atoms with Crippen molar-refractivity contribution >= 4 is 22.1 Å². The minimum Gasteiger partial charge on any atom is -0.472 e. The van der Waals surface area contributed by atoms with Crippen molar-refractivity contribution in [1.29, 1.82) is 0 Å². The Hall–Kier alpha value is -4.40. The zero-order valence-corrected chi connectivity index (χ0v) is 14.9. The molecule has 9 heteroatoms. The summed E-state index contributed by atoms with van der Waals surface area (Å²) in [5.74, 6) is 0.632. The normalized spacial score (nSPS) is 11.4. The molecular formula is C20H12N8O. The van der Waals surface area contributed by atoms with Gasteiger partial charge in [0.1, 0.15) is 23.2 Å². The average molecular weight is 380 g/mol. The molecule has 0 spiro atoms. The van der Waals surface area contributed by atoms with Gasteiger partial charge in [-0.1, -0.05) is 0 Å². The van der Waals surface area contributed by atoms with E-state index in [1.807, 2.05) is 18.2 Å². The van der Waals surface area contributed by atoms with Gasteiger partial charge in [0.2, 0.25) is 0 Å². The van der Waals surface area contributed by atoms with Gasteiger partial charge >= 0.3 is 0 Å². The van der Waals surface area contributed by atoms with Gasteiger partial charge in [-0.2, -0.15) is 5.10 Å². The third-order valence-corrected chi connectivity index (χ3v) is 4.73. The zero-order valence-electron chi connectivity index (χ0n) is 14.9. The maximum absolute atomic E-state index is 5.20. The number of aromatic nitrogens is 8. The molecule has 0 radical (unpaired) electrons. The second-order valence-corrected chi connectivity index (χ2v) is 6.47. The van der Waals surface area contributed by atoms with Gasteiger partial charge in [0.25, 0.3) is 0 Å². The van der Waals surface area contributed by atoms with Crippen LogP contribution in [-0.2, 0) is 0 Å². The van der Waals surface area contributed by atoms with E-state index >= 15 is 0 Å². The summed E-state index contributed by atoms with van der Waals surface area (Å²) in [5, 5.41) is 8.26. The zero-order chi connectivity index (χ0) is 19.2. The highest BCUT2D eigenvalue weighted by molar-refractivity contribution is 5.96. The SMILES string of the molecule is c1ncc(-c2cnc3[nH]nc(-c4nc5c(-c6ccoc6)nccc5[nH]4)c3c2)cn1. The molecule has 0 aliphatic rings. The van der Waals surface area contributed by atoms with Gasteiger partial charge in [0.15, 0.2) is 11.5 Å². The minimum absolute atomic E-state index is 0.632. The molecule has 6 heterocycles. The molecule has 9 nitrogen and oxygen atoms in total. The Balaban J connectivity index is 1.53. The van der Waals surface area contributed by atoms with Crippen LogP contribution in [0.4, 0.5) is 0 Å².